The molecule has 0 bridgehead atoms. The molecule has 0 aromatic heterocycles. The molecule has 0 fully saturated rings. The third-order valence-electron chi connectivity index (χ3n) is 2.59. The molecule has 1 unspecified atom stereocenters. The van der Waals surface area contributed by atoms with Crippen molar-refractivity contribution in [3.8, 4) is 0 Å². The summed E-state index contributed by atoms with van der Waals surface area (Å²) < 4.78 is 0. The van der Waals surface area contributed by atoms with Crippen molar-refractivity contribution in [2.24, 2.45) is 11.1 Å². The van der Waals surface area contributed by atoms with Crippen LogP contribution < -0.4 is 5.73 Å². The Morgan fingerprint density at radius 2 is 2.07 bits per heavy atom. The lowest BCUT2D eigenvalue weighted by atomic mass is 9.85. The highest BCUT2D eigenvalue weighted by molar-refractivity contribution is 5.77. The van der Waals surface area contributed by atoms with Gasteiger partial charge in [-0.15, -0.1) is 6.58 Å². The zero-order chi connectivity index (χ0) is 12.1. The Kier molecular flexibility index (Phi) is 5.58. The van der Waals surface area contributed by atoms with Crippen LogP contribution in [-0.4, -0.2) is 29.9 Å². The molecule has 3 heteroatoms. The Morgan fingerprint density at radius 3 is 2.40 bits per heavy atom. The molecular weight excluding hydrogens is 188 g/mol. The summed E-state index contributed by atoms with van der Waals surface area (Å²) in [7, 11) is 0. The second kappa shape index (κ2) is 5.91. The van der Waals surface area contributed by atoms with Crippen molar-refractivity contribution >= 4 is 5.91 Å². The van der Waals surface area contributed by atoms with Gasteiger partial charge in [0, 0.05) is 25.6 Å². The molecule has 1 atom stereocenters. The van der Waals surface area contributed by atoms with Crippen molar-refractivity contribution in [2.75, 3.05) is 13.1 Å². The van der Waals surface area contributed by atoms with Crippen LogP contribution in [0.1, 0.15) is 34.1 Å². The second-order valence-corrected chi connectivity index (χ2v) is 4.90. The van der Waals surface area contributed by atoms with Gasteiger partial charge in [-0.05, 0) is 12.3 Å². The fourth-order valence-electron chi connectivity index (χ4n) is 1.19. The molecule has 0 aliphatic rings. The number of hydrogen-bond donors (Lipinski definition) is 1. The molecule has 0 aromatic carbocycles. The van der Waals surface area contributed by atoms with E-state index in [1.165, 1.54) is 0 Å². The van der Waals surface area contributed by atoms with Crippen molar-refractivity contribution in [3.63, 3.8) is 0 Å². The number of rotatable bonds is 5. The lowest BCUT2D eigenvalue weighted by Gasteiger charge is -2.29. The average molecular weight is 212 g/mol. The first-order valence-electron chi connectivity index (χ1n) is 5.47. The molecule has 0 spiro atoms. The maximum Gasteiger partial charge on any atom is 0.224 e. The minimum atomic E-state index is -0.0936. The van der Waals surface area contributed by atoms with Gasteiger partial charge < -0.3 is 10.6 Å². The minimum absolute atomic E-state index is 0.0246. The zero-order valence-electron chi connectivity index (χ0n) is 10.4. The largest absolute Gasteiger partial charge is 0.339 e. The molecule has 0 aliphatic carbocycles. The second-order valence-electron chi connectivity index (χ2n) is 4.90. The molecule has 0 saturated heterocycles. The van der Waals surface area contributed by atoms with E-state index in [4.69, 9.17) is 5.73 Å². The Bertz CT molecular complexity index is 218. The summed E-state index contributed by atoms with van der Waals surface area (Å²) in [6, 6.07) is -0.0936. The first-order valence-corrected chi connectivity index (χ1v) is 5.47. The van der Waals surface area contributed by atoms with Crippen molar-refractivity contribution < 1.29 is 4.79 Å². The van der Waals surface area contributed by atoms with Crippen LogP contribution in [0.5, 0.6) is 0 Å². The molecule has 88 valence electrons. The van der Waals surface area contributed by atoms with Crippen LogP contribution in [-0.2, 0) is 4.79 Å². The van der Waals surface area contributed by atoms with Crippen LogP contribution in [0, 0.1) is 5.41 Å². The Labute approximate surface area is 93.3 Å². The maximum atomic E-state index is 11.8. The molecule has 0 rings (SSSR count). The number of nitrogens with zero attached hydrogens (tertiary/aromatic N) is 1. The maximum absolute atomic E-state index is 11.8. The van der Waals surface area contributed by atoms with Crippen LogP contribution in [0.4, 0.5) is 0 Å². The smallest absolute Gasteiger partial charge is 0.224 e. The number of carbonyl (C=O) groups is 1. The highest BCUT2D eigenvalue weighted by atomic mass is 16.2. The van der Waals surface area contributed by atoms with Gasteiger partial charge in [0.15, 0.2) is 0 Å². The molecule has 0 saturated carbocycles. The fraction of sp³-hybridized carbons (Fsp3) is 0.750. The fourth-order valence-corrected chi connectivity index (χ4v) is 1.19. The summed E-state index contributed by atoms with van der Waals surface area (Å²) in [5, 5.41) is 0. The van der Waals surface area contributed by atoms with Crippen molar-refractivity contribution in [2.45, 2.75) is 40.2 Å². The monoisotopic (exact) mass is 212 g/mol. The van der Waals surface area contributed by atoms with E-state index in [-0.39, 0.29) is 17.4 Å². The number of likely N-dealkylation sites (N-methyl/N-ethyl adjacent to an activating group) is 1. The van der Waals surface area contributed by atoms with E-state index < -0.39 is 0 Å². The molecule has 0 aromatic rings. The highest BCUT2D eigenvalue weighted by Crippen LogP contribution is 2.20. The third kappa shape index (κ3) is 4.98. The van der Waals surface area contributed by atoms with E-state index in [1.807, 2.05) is 6.92 Å². The summed E-state index contributed by atoms with van der Waals surface area (Å²) in [5.41, 5.74) is 5.94. The van der Waals surface area contributed by atoms with Gasteiger partial charge in [-0.25, -0.2) is 0 Å². The standard InChI is InChI=1S/C12H24N2O/c1-6-8-14(7-2)11(15)9-10(13)12(3,4)5/h6,10H,1,7-9,13H2,2-5H3. The summed E-state index contributed by atoms with van der Waals surface area (Å²) >= 11 is 0. The molecule has 0 radical (unpaired) electrons. The molecule has 0 heterocycles. The van der Waals surface area contributed by atoms with Gasteiger partial charge in [0.25, 0.3) is 0 Å². The first kappa shape index (κ1) is 14.2. The number of hydrogen-bond acceptors (Lipinski definition) is 2. The summed E-state index contributed by atoms with van der Waals surface area (Å²) in [5.74, 6) is 0.111. The first-order chi connectivity index (χ1) is 6.82. The Hall–Kier alpha value is -0.830. The van der Waals surface area contributed by atoms with Crippen molar-refractivity contribution in [1.82, 2.24) is 4.90 Å². The van der Waals surface area contributed by atoms with Gasteiger partial charge in [-0.2, -0.15) is 0 Å². The zero-order valence-corrected chi connectivity index (χ0v) is 10.4. The molecule has 1 amide bonds. The van der Waals surface area contributed by atoms with Gasteiger partial charge in [-0.1, -0.05) is 26.8 Å². The molecule has 15 heavy (non-hydrogen) atoms. The summed E-state index contributed by atoms with van der Waals surface area (Å²) in [4.78, 5) is 13.6. The Balaban J connectivity index is 4.28. The van der Waals surface area contributed by atoms with Crippen LogP contribution in [0.25, 0.3) is 0 Å². The SMILES string of the molecule is C=CCN(CC)C(=O)CC(N)C(C)(C)C. The lowest BCUT2D eigenvalue weighted by Crippen LogP contribution is -2.41. The summed E-state index contributed by atoms with van der Waals surface area (Å²) in [6.07, 6.45) is 2.15. The molecule has 2 N–H and O–H groups in total. The van der Waals surface area contributed by atoms with Crippen LogP contribution in [0.15, 0.2) is 12.7 Å². The van der Waals surface area contributed by atoms with Crippen molar-refractivity contribution in [3.05, 3.63) is 12.7 Å². The van der Waals surface area contributed by atoms with E-state index in [9.17, 15) is 4.79 Å². The average Bonchev–Trinajstić information content (AvgIpc) is 2.12. The normalized spacial score (nSPS) is 13.4. The van der Waals surface area contributed by atoms with Crippen LogP contribution >= 0.6 is 0 Å². The van der Waals surface area contributed by atoms with E-state index in [1.54, 1.807) is 11.0 Å². The van der Waals surface area contributed by atoms with Gasteiger partial charge in [0.2, 0.25) is 5.91 Å². The van der Waals surface area contributed by atoms with E-state index >= 15 is 0 Å². The van der Waals surface area contributed by atoms with Gasteiger partial charge in [0.1, 0.15) is 0 Å². The predicted molar refractivity (Wildman–Crippen MR) is 64.5 cm³/mol. The van der Waals surface area contributed by atoms with Crippen LogP contribution in [0.3, 0.4) is 0 Å². The third-order valence-corrected chi connectivity index (χ3v) is 2.59. The van der Waals surface area contributed by atoms with Crippen molar-refractivity contribution in [1.29, 1.82) is 0 Å². The molecule has 0 aliphatic heterocycles. The topological polar surface area (TPSA) is 46.3 Å². The van der Waals surface area contributed by atoms with Gasteiger partial charge in [-0.3, -0.25) is 4.79 Å². The Morgan fingerprint density at radius 1 is 1.53 bits per heavy atom. The molecular formula is C12H24N2O. The number of nitrogens with two attached hydrogens (primary N) is 1. The minimum Gasteiger partial charge on any atom is -0.339 e. The van der Waals surface area contributed by atoms with E-state index in [2.05, 4.69) is 27.4 Å². The quantitative estimate of drug-likeness (QED) is 0.706. The highest BCUT2D eigenvalue weighted by Gasteiger charge is 2.24. The number of carbonyl (C=O) groups excluding carboxylic acids is 1. The van der Waals surface area contributed by atoms with Gasteiger partial charge in [0.05, 0.1) is 0 Å². The predicted octanol–water partition coefficient (Wildman–Crippen LogP) is 1.78. The van der Waals surface area contributed by atoms with E-state index in [0.29, 0.717) is 19.5 Å². The number of amides is 1. The van der Waals surface area contributed by atoms with Crippen LogP contribution in [0.2, 0.25) is 0 Å². The van der Waals surface area contributed by atoms with E-state index in [0.717, 1.165) is 0 Å². The van der Waals surface area contributed by atoms with Gasteiger partial charge >= 0.3 is 0 Å². The lowest BCUT2D eigenvalue weighted by molar-refractivity contribution is -0.131. The summed E-state index contributed by atoms with van der Waals surface area (Å²) in [6.45, 7) is 13.1. The molecule has 3 nitrogen and oxygen atoms in total.